The van der Waals surface area contributed by atoms with Gasteiger partial charge < -0.3 is 5.11 Å². The molecule has 4 nitrogen and oxygen atoms in total. The van der Waals surface area contributed by atoms with E-state index >= 15 is 0 Å². The molecule has 0 amide bonds. The molecule has 1 aromatic carbocycles. The van der Waals surface area contributed by atoms with Crippen LogP contribution in [-0.4, -0.2) is 20.9 Å². The van der Waals surface area contributed by atoms with Gasteiger partial charge in [0.05, 0.1) is 16.4 Å². The third-order valence-corrected chi connectivity index (χ3v) is 3.50. The van der Waals surface area contributed by atoms with Crippen LogP contribution in [0.15, 0.2) is 30.3 Å². The topological polar surface area (TPSA) is 55.1 Å². The van der Waals surface area contributed by atoms with Crippen LogP contribution in [0, 0.1) is 0 Å². The van der Waals surface area contributed by atoms with Crippen LogP contribution in [0.4, 0.5) is 0 Å². The molecule has 0 fully saturated rings. The fourth-order valence-electron chi connectivity index (χ4n) is 2.14. The number of benzene rings is 1. The van der Waals surface area contributed by atoms with Gasteiger partial charge in [-0.1, -0.05) is 37.6 Å². The first kappa shape index (κ1) is 15.3. The summed E-state index contributed by atoms with van der Waals surface area (Å²) >= 11 is 6.32. The number of aryl methyl sites for hydroxylation is 2. The molecular weight excluding hydrogens is 288 g/mol. The minimum atomic E-state index is -0.994. The summed E-state index contributed by atoms with van der Waals surface area (Å²) in [7, 11) is 0. The van der Waals surface area contributed by atoms with Crippen LogP contribution in [0.3, 0.4) is 0 Å². The number of aliphatic carboxylic acids is 1. The van der Waals surface area contributed by atoms with E-state index in [2.05, 4.69) is 12.0 Å². The molecule has 0 aliphatic rings. The average molecular weight is 305 g/mol. The van der Waals surface area contributed by atoms with E-state index in [9.17, 15) is 4.79 Å². The molecule has 1 heterocycles. The summed E-state index contributed by atoms with van der Waals surface area (Å²) in [5.74, 6) is -0.994. The fraction of sp³-hybridized carbons (Fsp3) is 0.250. The lowest BCUT2D eigenvalue weighted by molar-refractivity contribution is -0.131. The Labute approximate surface area is 128 Å². The molecule has 0 spiro atoms. The summed E-state index contributed by atoms with van der Waals surface area (Å²) in [5, 5.41) is 13.9. The van der Waals surface area contributed by atoms with Crippen molar-refractivity contribution in [3.8, 4) is 5.69 Å². The molecular formula is C16H17ClN2O2. The van der Waals surface area contributed by atoms with Gasteiger partial charge in [-0.15, -0.1) is 0 Å². The second-order valence-electron chi connectivity index (χ2n) is 4.60. The van der Waals surface area contributed by atoms with Gasteiger partial charge in [-0.2, -0.15) is 5.10 Å². The number of carboxylic acid groups (broad SMARTS) is 1. The number of carboxylic acids is 1. The van der Waals surface area contributed by atoms with Crippen LogP contribution in [0.2, 0.25) is 5.02 Å². The molecule has 0 aliphatic carbocycles. The number of carbonyl (C=O) groups is 1. The smallest absolute Gasteiger partial charge is 0.328 e. The highest BCUT2D eigenvalue weighted by molar-refractivity contribution is 6.32. The van der Waals surface area contributed by atoms with Crippen LogP contribution in [-0.2, 0) is 17.6 Å². The van der Waals surface area contributed by atoms with Crippen molar-refractivity contribution >= 4 is 23.6 Å². The number of hydrogen-bond donors (Lipinski definition) is 1. The monoisotopic (exact) mass is 304 g/mol. The van der Waals surface area contributed by atoms with Crippen molar-refractivity contribution in [2.45, 2.75) is 26.7 Å². The molecule has 0 bridgehead atoms. The van der Waals surface area contributed by atoms with Gasteiger partial charge in [0.25, 0.3) is 0 Å². The lowest BCUT2D eigenvalue weighted by Crippen LogP contribution is -2.05. The Kier molecular flexibility index (Phi) is 4.81. The summed E-state index contributed by atoms with van der Waals surface area (Å²) in [6.45, 7) is 4.10. The highest BCUT2D eigenvalue weighted by Crippen LogP contribution is 2.27. The summed E-state index contributed by atoms with van der Waals surface area (Å²) in [6.07, 6.45) is 4.30. The molecule has 110 valence electrons. The highest BCUT2D eigenvalue weighted by atomic mass is 35.5. The van der Waals surface area contributed by atoms with Gasteiger partial charge in [0.15, 0.2) is 0 Å². The summed E-state index contributed by atoms with van der Waals surface area (Å²) in [4.78, 5) is 10.7. The van der Waals surface area contributed by atoms with Crippen molar-refractivity contribution in [2.75, 3.05) is 0 Å². The maximum atomic E-state index is 10.7. The summed E-state index contributed by atoms with van der Waals surface area (Å²) < 4.78 is 1.81. The molecule has 0 saturated carbocycles. The average Bonchev–Trinajstić information content (AvgIpc) is 2.88. The summed E-state index contributed by atoms with van der Waals surface area (Å²) in [6, 6.07) is 7.45. The van der Waals surface area contributed by atoms with Crippen molar-refractivity contribution in [3.63, 3.8) is 0 Å². The molecule has 1 N–H and O–H groups in total. The number of nitrogens with zero attached hydrogens (tertiary/aromatic N) is 2. The molecule has 0 atom stereocenters. The Balaban J connectivity index is 2.62. The van der Waals surface area contributed by atoms with E-state index in [0.29, 0.717) is 10.7 Å². The predicted octanol–water partition coefficient (Wildman–Crippen LogP) is 3.75. The second kappa shape index (κ2) is 6.59. The van der Waals surface area contributed by atoms with Gasteiger partial charge >= 0.3 is 5.97 Å². The maximum absolute atomic E-state index is 10.7. The Hall–Kier alpha value is -2.07. The highest BCUT2D eigenvalue weighted by Gasteiger charge is 2.13. The van der Waals surface area contributed by atoms with Gasteiger partial charge in [0.2, 0.25) is 0 Å². The Morgan fingerprint density at radius 1 is 1.38 bits per heavy atom. The van der Waals surface area contributed by atoms with Gasteiger partial charge in [0.1, 0.15) is 0 Å². The molecule has 2 rings (SSSR count). The van der Waals surface area contributed by atoms with Crippen LogP contribution >= 0.6 is 11.6 Å². The minimum absolute atomic E-state index is 0.544. The third-order valence-electron chi connectivity index (χ3n) is 3.19. The van der Waals surface area contributed by atoms with Crippen molar-refractivity contribution in [1.29, 1.82) is 0 Å². The van der Waals surface area contributed by atoms with E-state index < -0.39 is 5.97 Å². The van der Waals surface area contributed by atoms with Crippen molar-refractivity contribution in [1.82, 2.24) is 9.78 Å². The van der Waals surface area contributed by atoms with E-state index in [0.717, 1.165) is 35.9 Å². The SMILES string of the molecule is CCc1cc(CC)n(-c2c(Cl)cccc2/C=C/C(=O)O)n1. The fourth-order valence-corrected chi connectivity index (χ4v) is 2.41. The Bertz CT molecular complexity index is 690. The zero-order chi connectivity index (χ0) is 15.4. The first-order chi connectivity index (χ1) is 10.1. The number of halogens is 1. The van der Waals surface area contributed by atoms with Gasteiger partial charge in [-0.3, -0.25) is 0 Å². The minimum Gasteiger partial charge on any atom is -0.478 e. The third kappa shape index (κ3) is 3.34. The van der Waals surface area contributed by atoms with Crippen molar-refractivity contribution in [2.24, 2.45) is 0 Å². The second-order valence-corrected chi connectivity index (χ2v) is 5.00. The van der Waals surface area contributed by atoms with E-state index in [4.69, 9.17) is 16.7 Å². The van der Waals surface area contributed by atoms with E-state index in [1.54, 1.807) is 12.1 Å². The van der Waals surface area contributed by atoms with E-state index in [1.807, 2.05) is 23.7 Å². The molecule has 0 radical (unpaired) electrons. The van der Waals surface area contributed by atoms with Crippen molar-refractivity contribution in [3.05, 3.63) is 52.3 Å². The maximum Gasteiger partial charge on any atom is 0.328 e. The zero-order valence-corrected chi connectivity index (χ0v) is 12.8. The standard InChI is InChI=1S/C16H17ClN2O2/c1-3-12-10-13(4-2)19(18-12)16-11(8-9-15(20)21)6-5-7-14(16)17/h5-10H,3-4H2,1-2H3,(H,20,21)/b9-8+. The number of hydrogen-bond acceptors (Lipinski definition) is 2. The number of rotatable bonds is 5. The van der Waals surface area contributed by atoms with E-state index in [-0.39, 0.29) is 0 Å². The molecule has 0 aliphatic heterocycles. The van der Waals surface area contributed by atoms with Crippen molar-refractivity contribution < 1.29 is 9.90 Å². The largest absolute Gasteiger partial charge is 0.478 e. The lowest BCUT2D eigenvalue weighted by Gasteiger charge is -2.11. The molecule has 2 aromatic rings. The summed E-state index contributed by atoms with van der Waals surface area (Å²) in [5.41, 5.74) is 3.48. The van der Waals surface area contributed by atoms with Gasteiger partial charge in [-0.25, -0.2) is 9.48 Å². The Morgan fingerprint density at radius 2 is 2.14 bits per heavy atom. The number of aromatic nitrogens is 2. The quantitative estimate of drug-likeness (QED) is 0.856. The molecule has 5 heteroatoms. The first-order valence-electron chi connectivity index (χ1n) is 6.84. The molecule has 1 aromatic heterocycles. The molecule has 0 unspecified atom stereocenters. The zero-order valence-electron chi connectivity index (χ0n) is 12.0. The Morgan fingerprint density at radius 3 is 2.76 bits per heavy atom. The normalized spacial score (nSPS) is 11.2. The van der Waals surface area contributed by atoms with Crippen LogP contribution in [0.1, 0.15) is 30.8 Å². The molecule has 21 heavy (non-hydrogen) atoms. The van der Waals surface area contributed by atoms with Gasteiger partial charge in [-0.05, 0) is 31.1 Å². The number of para-hydroxylation sites is 1. The molecule has 0 saturated heterocycles. The predicted molar refractivity (Wildman–Crippen MR) is 84.0 cm³/mol. The van der Waals surface area contributed by atoms with Gasteiger partial charge in [0, 0.05) is 17.3 Å². The van der Waals surface area contributed by atoms with Crippen LogP contribution in [0.25, 0.3) is 11.8 Å². The lowest BCUT2D eigenvalue weighted by atomic mass is 10.1. The first-order valence-corrected chi connectivity index (χ1v) is 7.22. The van der Waals surface area contributed by atoms with Crippen LogP contribution < -0.4 is 0 Å². The van der Waals surface area contributed by atoms with Crippen LogP contribution in [0.5, 0.6) is 0 Å². The van der Waals surface area contributed by atoms with E-state index in [1.165, 1.54) is 6.08 Å².